The zero-order valence-electron chi connectivity index (χ0n) is 13.3. The van der Waals surface area contributed by atoms with E-state index in [1.165, 1.54) is 0 Å². The van der Waals surface area contributed by atoms with Gasteiger partial charge in [-0.1, -0.05) is 0 Å². The minimum absolute atomic E-state index is 0.135. The van der Waals surface area contributed by atoms with Crippen LogP contribution in [0.3, 0.4) is 0 Å². The van der Waals surface area contributed by atoms with Crippen LogP contribution in [0.1, 0.15) is 42.8 Å². The number of aromatic nitrogens is 4. The van der Waals surface area contributed by atoms with E-state index in [1.807, 2.05) is 24.9 Å². The average Bonchev–Trinajstić information content (AvgIpc) is 2.86. The van der Waals surface area contributed by atoms with E-state index < -0.39 is 0 Å². The first-order valence-corrected chi connectivity index (χ1v) is 7.65. The van der Waals surface area contributed by atoms with Crippen LogP contribution < -0.4 is 0 Å². The highest BCUT2D eigenvalue weighted by atomic mass is 16.2. The lowest BCUT2D eigenvalue weighted by atomic mass is 9.94. The number of rotatable bonds is 2. The van der Waals surface area contributed by atoms with Gasteiger partial charge in [-0.05, 0) is 26.7 Å². The fraction of sp³-hybridized carbons (Fsp3) is 0.500. The molecular weight excluding hydrogens is 278 g/mol. The van der Waals surface area contributed by atoms with Gasteiger partial charge in [-0.2, -0.15) is 5.10 Å². The summed E-state index contributed by atoms with van der Waals surface area (Å²) < 4.78 is 0. The molecule has 0 aromatic carbocycles. The molecule has 1 saturated heterocycles. The summed E-state index contributed by atoms with van der Waals surface area (Å²) in [5.74, 6) is 0.396. The van der Waals surface area contributed by atoms with Gasteiger partial charge in [0, 0.05) is 43.4 Å². The molecule has 1 aliphatic heterocycles. The molecule has 1 N–H and O–H groups in total. The summed E-state index contributed by atoms with van der Waals surface area (Å²) in [6.07, 6.45) is 5.66. The molecule has 1 atom stereocenters. The van der Waals surface area contributed by atoms with Crippen LogP contribution in [-0.2, 0) is 4.79 Å². The lowest BCUT2D eigenvalue weighted by molar-refractivity contribution is -0.130. The maximum atomic E-state index is 11.6. The highest BCUT2D eigenvalue weighted by molar-refractivity contribution is 5.73. The van der Waals surface area contributed by atoms with Gasteiger partial charge in [0.1, 0.15) is 0 Å². The molecule has 0 spiro atoms. The van der Waals surface area contributed by atoms with Crippen LogP contribution in [0.4, 0.5) is 0 Å². The number of nitrogens with one attached hydrogen (secondary N) is 1. The van der Waals surface area contributed by atoms with Crippen molar-refractivity contribution in [1.29, 1.82) is 0 Å². The van der Waals surface area contributed by atoms with Crippen molar-refractivity contribution in [2.45, 2.75) is 39.5 Å². The topological polar surface area (TPSA) is 74.8 Å². The van der Waals surface area contributed by atoms with Crippen molar-refractivity contribution in [2.75, 3.05) is 13.1 Å². The summed E-state index contributed by atoms with van der Waals surface area (Å²) in [7, 11) is 0. The van der Waals surface area contributed by atoms with Crippen LogP contribution in [0.15, 0.2) is 12.4 Å². The molecule has 3 rings (SSSR count). The minimum Gasteiger partial charge on any atom is -0.342 e. The Hall–Kier alpha value is -2.24. The predicted molar refractivity (Wildman–Crippen MR) is 83.3 cm³/mol. The average molecular weight is 299 g/mol. The number of carbonyl (C=O) groups is 1. The van der Waals surface area contributed by atoms with Crippen molar-refractivity contribution in [2.24, 2.45) is 0 Å². The SMILES string of the molecule is CC(=O)N1CCCC(c2cncc(-c3c(C)n[nH]c3C)n2)C1. The highest BCUT2D eigenvalue weighted by Crippen LogP contribution is 2.28. The van der Waals surface area contributed by atoms with Crippen molar-refractivity contribution in [1.82, 2.24) is 25.1 Å². The van der Waals surface area contributed by atoms with E-state index in [1.54, 1.807) is 13.1 Å². The van der Waals surface area contributed by atoms with E-state index >= 15 is 0 Å². The van der Waals surface area contributed by atoms with E-state index in [4.69, 9.17) is 4.98 Å². The van der Waals surface area contributed by atoms with E-state index in [0.29, 0.717) is 0 Å². The molecule has 1 fully saturated rings. The van der Waals surface area contributed by atoms with Crippen molar-refractivity contribution in [3.05, 3.63) is 29.5 Å². The van der Waals surface area contributed by atoms with Crippen molar-refractivity contribution >= 4 is 5.91 Å². The number of piperidine rings is 1. The maximum Gasteiger partial charge on any atom is 0.219 e. The van der Waals surface area contributed by atoms with E-state index in [-0.39, 0.29) is 11.8 Å². The molecule has 116 valence electrons. The zero-order chi connectivity index (χ0) is 15.7. The standard InChI is InChI=1S/C16H21N5O/c1-10-16(11(2)20-19-10)15-8-17-7-14(18-15)13-5-4-6-21(9-13)12(3)22/h7-8,13H,4-6,9H2,1-3H3,(H,19,20). The summed E-state index contributed by atoms with van der Waals surface area (Å²) >= 11 is 0. The Morgan fingerprint density at radius 3 is 2.86 bits per heavy atom. The molecule has 2 aromatic rings. The minimum atomic E-state index is 0.135. The van der Waals surface area contributed by atoms with Crippen LogP contribution in [0, 0.1) is 13.8 Å². The van der Waals surface area contributed by atoms with Crippen molar-refractivity contribution in [3.8, 4) is 11.3 Å². The normalized spacial score (nSPS) is 18.5. The third-order valence-corrected chi connectivity index (χ3v) is 4.32. The van der Waals surface area contributed by atoms with E-state index in [9.17, 15) is 4.79 Å². The second-order valence-corrected chi connectivity index (χ2v) is 5.94. The van der Waals surface area contributed by atoms with Gasteiger partial charge in [0.15, 0.2) is 0 Å². The quantitative estimate of drug-likeness (QED) is 0.922. The monoisotopic (exact) mass is 299 g/mol. The third kappa shape index (κ3) is 2.73. The number of aryl methyl sites for hydroxylation is 2. The lowest BCUT2D eigenvalue weighted by Gasteiger charge is -2.31. The van der Waals surface area contributed by atoms with Gasteiger partial charge in [0.25, 0.3) is 0 Å². The number of H-pyrrole nitrogens is 1. The molecule has 3 heterocycles. The van der Waals surface area contributed by atoms with Gasteiger partial charge in [0.2, 0.25) is 5.91 Å². The van der Waals surface area contributed by atoms with Crippen molar-refractivity contribution in [3.63, 3.8) is 0 Å². The first-order valence-electron chi connectivity index (χ1n) is 7.65. The van der Waals surface area contributed by atoms with E-state index in [0.717, 1.165) is 54.3 Å². The Kier molecular flexibility index (Phi) is 3.92. The van der Waals surface area contributed by atoms with Gasteiger partial charge in [0.05, 0.1) is 23.3 Å². The number of hydrogen-bond donors (Lipinski definition) is 1. The van der Waals surface area contributed by atoms with Crippen LogP contribution >= 0.6 is 0 Å². The molecule has 6 heteroatoms. The first kappa shape index (κ1) is 14.7. The van der Waals surface area contributed by atoms with Crippen LogP contribution in [0.25, 0.3) is 11.3 Å². The zero-order valence-corrected chi connectivity index (χ0v) is 13.3. The van der Waals surface area contributed by atoms with Gasteiger partial charge in [-0.15, -0.1) is 0 Å². The van der Waals surface area contributed by atoms with E-state index in [2.05, 4.69) is 15.2 Å². The van der Waals surface area contributed by atoms with Crippen LogP contribution in [-0.4, -0.2) is 44.1 Å². The smallest absolute Gasteiger partial charge is 0.219 e. The Morgan fingerprint density at radius 1 is 1.36 bits per heavy atom. The van der Waals surface area contributed by atoms with Gasteiger partial charge in [-0.25, -0.2) is 4.98 Å². The molecular formula is C16H21N5O. The lowest BCUT2D eigenvalue weighted by Crippen LogP contribution is -2.37. The fourth-order valence-electron chi connectivity index (χ4n) is 3.13. The Labute approximate surface area is 130 Å². The molecule has 0 aliphatic carbocycles. The van der Waals surface area contributed by atoms with Gasteiger partial charge >= 0.3 is 0 Å². The summed E-state index contributed by atoms with van der Waals surface area (Å²) in [6, 6.07) is 0. The molecule has 22 heavy (non-hydrogen) atoms. The van der Waals surface area contributed by atoms with Gasteiger partial charge < -0.3 is 4.90 Å². The molecule has 1 unspecified atom stereocenters. The third-order valence-electron chi connectivity index (χ3n) is 4.32. The molecule has 1 aliphatic rings. The second kappa shape index (κ2) is 5.87. The molecule has 0 radical (unpaired) electrons. The number of aromatic amines is 1. The summed E-state index contributed by atoms with van der Waals surface area (Å²) in [4.78, 5) is 22.7. The Bertz CT molecular complexity index is 674. The van der Waals surface area contributed by atoms with Crippen LogP contribution in [0.5, 0.6) is 0 Å². The molecule has 6 nitrogen and oxygen atoms in total. The molecule has 2 aromatic heterocycles. The molecule has 0 bridgehead atoms. The van der Waals surface area contributed by atoms with Crippen LogP contribution in [0.2, 0.25) is 0 Å². The van der Waals surface area contributed by atoms with Gasteiger partial charge in [-0.3, -0.25) is 14.9 Å². The number of carbonyl (C=O) groups excluding carboxylic acids is 1. The predicted octanol–water partition coefficient (Wildman–Crippen LogP) is 2.21. The Morgan fingerprint density at radius 2 is 2.18 bits per heavy atom. The summed E-state index contributed by atoms with van der Waals surface area (Å²) in [6.45, 7) is 7.16. The second-order valence-electron chi connectivity index (χ2n) is 5.94. The number of amides is 1. The summed E-state index contributed by atoms with van der Waals surface area (Å²) in [5, 5.41) is 7.21. The largest absolute Gasteiger partial charge is 0.342 e. The number of hydrogen-bond acceptors (Lipinski definition) is 4. The molecule has 1 amide bonds. The Balaban J connectivity index is 1.90. The highest BCUT2D eigenvalue weighted by Gasteiger charge is 2.24. The fourth-order valence-corrected chi connectivity index (χ4v) is 3.13. The first-order chi connectivity index (χ1) is 10.6. The maximum absolute atomic E-state index is 11.6. The number of nitrogens with zero attached hydrogens (tertiary/aromatic N) is 4. The number of likely N-dealkylation sites (tertiary alicyclic amines) is 1. The van der Waals surface area contributed by atoms with Crippen molar-refractivity contribution < 1.29 is 4.79 Å². The molecule has 0 saturated carbocycles. The summed E-state index contributed by atoms with van der Waals surface area (Å²) in [5.41, 5.74) is 4.76.